The molecule has 0 unspecified atom stereocenters. The van der Waals surface area contributed by atoms with E-state index in [2.05, 4.69) is 5.32 Å². The number of hydrogen-bond acceptors (Lipinski definition) is 5. The van der Waals surface area contributed by atoms with E-state index < -0.39 is 0 Å². The first-order valence-corrected chi connectivity index (χ1v) is 5.99. The van der Waals surface area contributed by atoms with Gasteiger partial charge >= 0.3 is 0 Å². The number of ether oxygens (including phenoxy) is 3. The standard InChI is InChI=1S/C13H20N2O4/c1-17-7-3-6-15-13(16)9-19-12-5-4-10(18-2)8-11(12)14/h4-5,8H,3,6-7,9,14H2,1-2H3,(H,15,16). The van der Waals surface area contributed by atoms with Crippen LogP contribution in [0.5, 0.6) is 11.5 Å². The molecule has 0 saturated carbocycles. The second-order valence-electron chi connectivity index (χ2n) is 3.89. The van der Waals surface area contributed by atoms with Gasteiger partial charge in [0.05, 0.1) is 12.8 Å². The smallest absolute Gasteiger partial charge is 0.257 e. The molecule has 0 atom stereocenters. The fraction of sp³-hybridized carbons (Fsp3) is 0.462. The molecule has 1 aromatic carbocycles. The van der Waals surface area contributed by atoms with Crippen LogP contribution < -0.4 is 20.5 Å². The number of nitrogens with two attached hydrogens (primary N) is 1. The highest BCUT2D eigenvalue weighted by atomic mass is 16.5. The average Bonchev–Trinajstić information content (AvgIpc) is 2.42. The number of carbonyl (C=O) groups excluding carboxylic acids is 1. The van der Waals surface area contributed by atoms with Crippen LogP contribution >= 0.6 is 0 Å². The zero-order chi connectivity index (χ0) is 14.1. The molecular formula is C13H20N2O4. The minimum absolute atomic E-state index is 0.0660. The molecule has 1 amide bonds. The maximum Gasteiger partial charge on any atom is 0.257 e. The van der Waals surface area contributed by atoms with Crippen molar-refractivity contribution in [2.75, 3.05) is 39.7 Å². The van der Waals surface area contributed by atoms with E-state index in [0.29, 0.717) is 30.3 Å². The Labute approximate surface area is 112 Å². The molecule has 0 aliphatic rings. The van der Waals surface area contributed by atoms with Gasteiger partial charge in [0.15, 0.2) is 6.61 Å². The van der Waals surface area contributed by atoms with Gasteiger partial charge in [-0.25, -0.2) is 0 Å². The summed E-state index contributed by atoms with van der Waals surface area (Å²) in [6.07, 6.45) is 0.771. The minimum Gasteiger partial charge on any atom is -0.497 e. The Kier molecular flexibility index (Phi) is 6.52. The Morgan fingerprint density at radius 1 is 1.37 bits per heavy atom. The Hall–Kier alpha value is -1.95. The first kappa shape index (κ1) is 15.1. The van der Waals surface area contributed by atoms with Gasteiger partial charge in [-0.05, 0) is 18.6 Å². The van der Waals surface area contributed by atoms with Crippen molar-refractivity contribution in [2.24, 2.45) is 0 Å². The van der Waals surface area contributed by atoms with Crippen LogP contribution in [0.1, 0.15) is 6.42 Å². The highest BCUT2D eigenvalue weighted by Gasteiger charge is 2.05. The van der Waals surface area contributed by atoms with Gasteiger partial charge in [-0.3, -0.25) is 4.79 Å². The third kappa shape index (κ3) is 5.48. The molecule has 6 nitrogen and oxygen atoms in total. The van der Waals surface area contributed by atoms with E-state index in [1.54, 1.807) is 32.4 Å². The van der Waals surface area contributed by atoms with Crippen molar-refractivity contribution in [2.45, 2.75) is 6.42 Å². The topological polar surface area (TPSA) is 82.8 Å². The number of nitrogens with one attached hydrogen (secondary N) is 1. The van der Waals surface area contributed by atoms with Crippen molar-refractivity contribution < 1.29 is 19.0 Å². The largest absolute Gasteiger partial charge is 0.497 e. The summed E-state index contributed by atoms with van der Waals surface area (Å²) in [6.45, 7) is 1.12. The maximum absolute atomic E-state index is 11.5. The van der Waals surface area contributed by atoms with Crippen LogP contribution in [0.3, 0.4) is 0 Å². The lowest BCUT2D eigenvalue weighted by Crippen LogP contribution is -2.30. The third-order valence-corrected chi connectivity index (χ3v) is 2.42. The molecule has 0 aliphatic carbocycles. The highest BCUT2D eigenvalue weighted by Crippen LogP contribution is 2.25. The normalized spacial score (nSPS) is 10.0. The molecule has 19 heavy (non-hydrogen) atoms. The predicted molar refractivity (Wildman–Crippen MR) is 72.4 cm³/mol. The number of amides is 1. The zero-order valence-electron chi connectivity index (χ0n) is 11.3. The van der Waals surface area contributed by atoms with Crippen LogP contribution in [0.25, 0.3) is 0 Å². The van der Waals surface area contributed by atoms with Crippen LogP contribution in [-0.2, 0) is 9.53 Å². The Morgan fingerprint density at radius 3 is 2.79 bits per heavy atom. The van der Waals surface area contributed by atoms with Crippen LogP contribution in [0, 0.1) is 0 Å². The number of anilines is 1. The molecule has 106 valence electrons. The van der Waals surface area contributed by atoms with E-state index in [1.807, 2.05) is 0 Å². The SMILES string of the molecule is COCCCNC(=O)COc1ccc(OC)cc1N. The lowest BCUT2D eigenvalue weighted by Gasteiger charge is -2.10. The minimum atomic E-state index is -0.189. The number of carbonyl (C=O) groups is 1. The van der Waals surface area contributed by atoms with Gasteiger partial charge in [0.25, 0.3) is 5.91 Å². The van der Waals surface area contributed by atoms with Gasteiger partial charge in [0.2, 0.25) is 0 Å². The summed E-state index contributed by atoms with van der Waals surface area (Å²) in [5.74, 6) is 0.924. The van der Waals surface area contributed by atoms with E-state index in [-0.39, 0.29) is 12.5 Å². The molecule has 3 N–H and O–H groups in total. The number of nitrogen functional groups attached to an aromatic ring is 1. The summed E-state index contributed by atoms with van der Waals surface area (Å²) in [5.41, 5.74) is 6.21. The Balaban J connectivity index is 2.33. The van der Waals surface area contributed by atoms with E-state index in [4.69, 9.17) is 19.9 Å². The Bertz CT molecular complexity index is 410. The molecule has 0 spiro atoms. The number of benzene rings is 1. The van der Waals surface area contributed by atoms with E-state index >= 15 is 0 Å². The van der Waals surface area contributed by atoms with Crippen LogP contribution in [0.2, 0.25) is 0 Å². The zero-order valence-corrected chi connectivity index (χ0v) is 11.3. The predicted octanol–water partition coefficient (Wildman–Crippen LogP) is 0.809. The second kappa shape index (κ2) is 8.20. The van der Waals surface area contributed by atoms with Crippen molar-refractivity contribution in [1.82, 2.24) is 5.32 Å². The molecule has 0 aromatic heterocycles. The average molecular weight is 268 g/mol. The lowest BCUT2D eigenvalue weighted by atomic mass is 10.3. The first-order chi connectivity index (χ1) is 9.17. The highest BCUT2D eigenvalue weighted by molar-refractivity contribution is 5.77. The van der Waals surface area contributed by atoms with Gasteiger partial charge in [0.1, 0.15) is 11.5 Å². The molecule has 0 heterocycles. The van der Waals surface area contributed by atoms with Gasteiger partial charge in [0, 0.05) is 26.3 Å². The van der Waals surface area contributed by atoms with Crippen LogP contribution in [-0.4, -0.2) is 39.9 Å². The van der Waals surface area contributed by atoms with E-state index in [9.17, 15) is 4.79 Å². The molecular weight excluding hydrogens is 248 g/mol. The molecule has 0 bridgehead atoms. The van der Waals surface area contributed by atoms with Crippen molar-refractivity contribution in [1.29, 1.82) is 0 Å². The third-order valence-electron chi connectivity index (χ3n) is 2.42. The molecule has 0 radical (unpaired) electrons. The monoisotopic (exact) mass is 268 g/mol. The Morgan fingerprint density at radius 2 is 2.16 bits per heavy atom. The van der Waals surface area contributed by atoms with Crippen LogP contribution in [0.15, 0.2) is 18.2 Å². The fourth-order valence-corrected chi connectivity index (χ4v) is 1.42. The van der Waals surface area contributed by atoms with Gasteiger partial charge in [-0.15, -0.1) is 0 Å². The second-order valence-corrected chi connectivity index (χ2v) is 3.89. The molecule has 1 rings (SSSR count). The van der Waals surface area contributed by atoms with Crippen molar-refractivity contribution in [3.05, 3.63) is 18.2 Å². The summed E-state index contributed by atoms with van der Waals surface area (Å²) < 4.78 is 15.2. The first-order valence-electron chi connectivity index (χ1n) is 5.99. The summed E-state index contributed by atoms with van der Waals surface area (Å²) >= 11 is 0. The molecule has 0 fully saturated rings. The van der Waals surface area contributed by atoms with Crippen molar-refractivity contribution in [3.63, 3.8) is 0 Å². The number of methoxy groups -OCH3 is 2. The molecule has 0 aliphatic heterocycles. The summed E-state index contributed by atoms with van der Waals surface area (Å²) in [5, 5.41) is 2.72. The van der Waals surface area contributed by atoms with E-state index in [1.165, 1.54) is 0 Å². The van der Waals surface area contributed by atoms with Crippen molar-refractivity contribution >= 4 is 11.6 Å². The van der Waals surface area contributed by atoms with E-state index in [0.717, 1.165) is 6.42 Å². The molecule has 1 aromatic rings. The van der Waals surface area contributed by atoms with Gasteiger partial charge in [-0.1, -0.05) is 0 Å². The van der Waals surface area contributed by atoms with Crippen molar-refractivity contribution in [3.8, 4) is 11.5 Å². The number of rotatable bonds is 8. The van der Waals surface area contributed by atoms with Crippen LogP contribution in [0.4, 0.5) is 5.69 Å². The summed E-state index contributed by atoms with van der Waals surface area (Å²) in [7, 11) is 3.18. The molecule has 0 saturated heterocycles. The van der Waals surface area contributed by atoms with Gasteiger partial charge < -0.3 is 25.3 Å². The maximum atomic E-state index is 11.5. The quantitative estimate of drug-likeness (QED) is 0.538. The van der Waals surface area contributed by atoms with Gasteiger partial charge in [-0.2, -0.15) is 0 Å². The number of hydrogen-bond donors (Lipinski definition) is 2. The lowest BCUT2D eigenvalue weighted by molar-refractivity contribution is -0.123. The molecule has 6 heteroatoms. The summed E-state index contributed by atoms with van der Waals surface area (Å²) in [4.78, 5) is 11.5. The fourth-order valence-electron chi connectivity index (χ4n) is 1.42. The summed E-state index contributed by atoms with van der Waals surface area (Å²) in [6, 6.07) is 5.04.